The Morgan fingerprint density at radius 1 is 1.25 bits per heavy atom. The van der Waals surface area contributed by atoms with E-state index in [4.69, 9.17) is 16.3 Å². The largest absolute Gasteiger partial charge is 0.497 e. The van der Waals surface area contributed by atoms with Gasteiger partial charge in [-0.05, 0) is 70.2 Å². The summed E-state index contributed by atoms with van der Waals surface area (Å²) in [7, 11) is 1.70. The summed E-state index contributed by atoms with van der Waals surface area (Å²) in [5.74, 6) is 0.909. The zero-order valence-electron chi connectivity index (χ0n) is 11.1. The maximum atomic E-state index is 6.14. The third kappa shape index (κ3) is 2.65. The van der Waals surface area contributed by atoms with E-state index >= 15 is 0 Å². The van der Waals surface area contributed by atoms with Crippen LogP contribution in [0.1, 0.15) is 23.6 Å². The summed E-state index contributed by atoms with van der Waals surface area (Å²) in [4.78, 5) is 0. The lowest BCUT2D eigenvalue weighted by atomic mass is 10.1. The van der Waals surface area contributed by atoms with E-state index in [2.05, 4.69) is 33.4 Å². The van der Waals surface area contributed by atoms with E-state index in [0.717, 1.165) is 33.8 Å². The molecule has 2 aromatic rings. The molecule has 0 bridgehead atoms. The zero-order chi connectivity index (χ0) is 14.1. The van der Waals surface area contributed by atoms with Gasteiger partial charge in [0.05, 0.1) is 18.2 Å². The van der Waals surface area contributed by atoms with E-state index in [1.54, 1.807) is 7.11 Å². The van der Waals surface area contributed by atoms with Crippen molar-refractivity contribution in [3.8, 4) is 5.75 Å². The van der Waals surface area contributed by atoms with Crippen molar-refractivity contribution in [2.75, 3.05) is 12.4 Å². The van der Waals surface area contributed by atoms with Gasteiger partial charge in [-0.25, -0.2) is 0 Å². The molecule has 0 aromatic heterocycles. The smallest absolute Gasteiger partial charge is 0.119 e. The first-order valence-corrected chi connectivity index (χ1v) is 7.73. The van der Waals surface area contributed by atoms with Crippen molar-refractivity contribution in [3.05, 3.63) is 57.0 Å². The minimum Gasteiger partial charge on any atom is -0.497 e. The molecule has 1 aliphatic rings. The second-order valence-corrected chi connectivity index (χ2v) is 6.19. The first kappa shape index (κ1) is 13.8. The molecule has 0 saturated heterocycles. The van der Waals surface area contributed by atoms with Crippen molar-refractivity contribution in [2.24, 2.45) is 0 Å². The van der Waals surface area contributed by atoms with E-state index in [9.17, 15) is 0 Å². The third-order valence-electron chi connectivity index (χ3n) is 3.69. The first-order chi connectivity index (χ1) is 9.67. The second kappa shape index (κ2) is 5.66. The molecule has 2 nitrogen and oxygen atoms in total. The van der Waals surface area contributed by atoms with Gasteiger partial charge in [-0.1, -0.05) is 17.7 Å². The molecule has 2 aromatic carbocycles. The van der Waals surface area contributed by atoms with Gasteiger partial charge in [0.15, 0.2) is 0 Å². The van der Waals surface area contributed by atoms with Crippen LogP contribution in [0.2, 0.25) is 5.02 Å². The fourth-order valence-electron chi connectivity index (χ4n) is 2.64. The summed E-state index contributed by atoms with van der Waals surface area (Å²) in [6.45, 7) is 0. The van der Waals surface area contributed by atoms with Gasteiger partial charge in [-0.2, -0.15) is 0 Å². The van der Waals surface area contributed by atoms with Gasteiger partial charge in [0.2, 0.25) is 0 Å². The monoisotopic (exact) mass is 351 g/mol. The van der Waals surface area contributed by atoms with Crippen molar-refractivity contribution in [2.45, 2.75) is 18.9 Å². The van der Waals surface area contributed by atoms with Gasteiger partial charge in [0, 0.05) is 10.2 Å². The zero-order valence-corrected chi connectivity index (χ0v) is 13.5. The SMILES string of the molecule is COc1ccc2c(c1)C(Nc1ccc(Br)c(Cl)c1)CC2. The van der Waals surface area contributed by atoms with Crippen LogP contribution in [0, 0.1) is 0 Å². The van der Waals surface area contributed by atoms with Crippen LogP contribution in [0.25, 0.3) is 0 Å². The summed E-state index contributed by atoms with van der Waals surface area (Å²) >= 11 is 9.55. The normalized spacial score (nSPS) is 16.9. The number of aryl methyl sites for hydroxylation is 1. The minimum atomic E-state index is 0.317. The quantitative estimate of drug-likeness (QED) is 0.818. The highest BCUT2D eigenvalue weighted by Gasteiger charge is 2.22. The van der Waals surface area contributed by atoms with Gasteiger partial charge in [0.1, 0.15) is 5.75 Å². The highest BCUT2D eigenvalue weighted by atomic mass is 79.9. The Kier molecular flexibility index (Phi) is 3.90. The number of nitrogens with one attached hydrogen (secondary N) is 1. The fraction of sp³-hybridized carbons (Fsp3) is 0.250. The van der Waals surface area contributed by atoms with Crippen LogP contribution in [0.3, 0.4) is 0 Å². The van der Waals surface area contributed by atoms with Crippen LogP contribution in [0.5, 0.6) is 5.75 Å². The molecule has 4 heteroatoms. The maximum absolute atomic E-state index is 6.14. The van der Waals surface area contributed by atoms with Crippen LogP contribution >= 0.6 is 27.5 Å². The second-order valence-electron chi connectivity index (χ2n) is 4.93. The molecule has 0 heterocycles. The van der Waals surface area contributed by atoms with E-state index < -0.39 is 0 Å². The molecule has 0 aliphatic heterocycles. The molecular formula is C16H15BrClNO. The van der Waals surface area contributed by atoms with Crippen molar-refractivity contribution >= 4 is 33.2 Å². The Bertz CT molecular complexity index is 644. The molecule has 1 unspecified atom stereocenters. The van der Waals surface area contributed by atoms with Crippen LogP contribution in [0.15, 0.2) is 40.9 Å². The van der Waals surface area contributed by atoms with Gasteiger partial charge < -0.3 is 10.1 Å². The molecule has 3 rings (SSSR count). The highest BCUT2D eigenvalue weighted by Crippen LogP contribution is 2.37. The molecule has 20 heavy (non-hydrogen) atoms. The molecule has 0 spiro atoms. The number of fused-ring (bicyclic) bond motifs is 1. The van der Waals surface area contributed by atoms with Gasteiger partial charge in [-0.3, -0.25) is 0 Å². The number of rotatable bonds is 3. The van der Waals surface area contributed by atoms with Gasteiger partial charge in [0.25, 0.3) is 0 Å². The van der Waals surface area contributed by atoms with E-state index in [1.807, 2.05) is 24.3 Å². The molecule has 104 valence electrons. The maximum Gasteiger partial charge on any atom is 0.119 e. The van der Waals surface area contributed by atoms with Crippen molar-refractivity contribution in [1.29, 1.82) is 0 Å². The number of halogens is 2. The first-order valence-electron chi connectivity index (χ1n) is 6.56. The highest BCUT2D eigenvalue weighted by molar-refractivity contribution is 9.10. The van der Waals surface area contributed by atoms with Crippen LogP contribution in [-0.4, -0.2) is 7.11 Å². The number of hydrogen-bond acceptors (Lipinski definition) is 2. The lowest BCUT2D eigenvalue weighted by Gasteiger charge is -2.16. The number of anilines is 1. The van der Waals surface area contributed by atoms with E-state index in [-0.39, 0.29) is 0 Å². The van der Waals surface area contributed by atoms with Crippen molar-refractivity contribution < 1.29 is 4.74 Å². The molecule has 1 N–H and O–H groups in total. The Morgan fingerprint density at radius 3 is 2.85 bits per heavy atom. The average molecular weight is 353 g/mol. The van der Waals surface area contributed by atoms with Crippen LogP contribution < -0.4 is 10.1 Å². The molecular weight excluding hydrogens is 338 g/mol. The number of hydrogen-bond donors (Lipinski definition) is 1. The average Bonchev–Trinajstić information content (AvgIpc) is 2.85. The lowest BCUT2D eigenvalue weighted by Crippen LogP contribution is -2.07. The fourth-order valence-corrected chi connectivity index (χ4v) is 3.07. The summed E-state index contributed by atoms with van der Waals surface area (Å²) in [6, 6.07) is 12.6. The summed E-state index contributed by atoms with van der Waals surface area (Å²) < 4.78 is 6.23. The standard InChI is InChI=1S/C16H15BrClNO/c1-20-12-5-2-10-3-7-16(13(10)9-12)19-11-4-6-14(17)15(18)8-11/h2,4-6,8-9,16,19H,3,7H2,1H3. The Labute approximate surface area is 132 Å². The minimum absolute atomic E-state index is 0.317. The van der Waals surface area contributed by atoms with E-state index in [0.29, 0.717) is 6.04 Å². The predicted octanol–water partition coefficient (Wildman–Crippen LogP) is 5.21. The Balaban J connectivity index is 1.85. The molecule has 0 fully saturated rings. The van der Waals surface area contributed by atoms with Crippen molar-refractivity contribution in [1.82, 2.24) is 0 Å². The molecule has 0 saturated carbocycles. The Morgan fingerprint density at radius 2 is 2.10 bits per heavy atom. The number of ether oxygens (including phenoxy) is 1. The van der Waals surface area contributed by atoms with Crippen molar-refractivity contribution in [3.63, 3.8) is 0 Å². The topological polar surface area (TPSA) is 21.3 Å². The lowest BCUT2D eigenvalue weighted by molar-refractivity contribution is 0.414. The van der Waals surface area contributed by atoms with E-state index in [1.165, 1.54) is 11.1 Å². The molecule has 1 aliphatic carbocycles. The molecule has 0 amide bonds. The van der Waals surface area contributed by atoms with Crippen LogP contribution in [-0.2, 0) is 6.42 Å². The third-order valence-corrected chi connectivity index (χ3v) is 4.92. The summed E-state index contributed by atoms with van der Waals surface area (Å²) in [5, 5.41) is 4.28. The van der Waals surface area contributed by atoms with Gasteiger partial charge in [-0.15, -0.1) is 0 Å². The molecule has 1 atom stereocenters. The summed E-state index contributed by atoms with van der Waals surface area (Å²) in [5.41, 5.74) is 3.76. The van der Waals surface area contributed by atoms with Crippen LogP contribution in [0.4, 0.5) is 5.69 Å². The van der Waals surface area contributed by atoms with Gasteiger partial charge >= 0.3 is 0 Å². The number of methoxy groups -OCH3 is 1. The Hall–Kier alpha value is -1.19. The molecule has 0 radical (unpaired) electrons. The predicted molar refractivity (Wildman–Crippen MR) is 86.8 cm³/mol. The number of benzene rings is 2. The summed E-state index contributed by atoms with van der Waals surface area (Å²) in [6.07, 6.45) is 2.19.